The maximum absolute atomic E-state index is 13.0. The van der Waals surface area contributed by atoms with E-state index in [2.05, 4.69) is 35.0 Å². The minimum absolute atomic E-state index is 0.272. The number of pyridine rings is 3. The number of hydrogen-bond donors (Lipinski definition) is 1. The van der Waals surface area contributed by atoms with Gasteiger partial charge in [-0.2, -0.15) is 14.9 Å². The quantitative estimate of drug-likeness (QED) is 0.161. The van der Waals surface area contributed by atoms with Crippen LogP contribution in [0.3, 0.4) is 0 Å². The van der Waals surface area contributed by atoms with Crippen LogP contribution in [0, 0.1) is 0 Å². The average Bonchev–Trinajstić information content (AvgIpc) is 3.88. The topological polar surface area (TPSA) is 163 Å². The van der Waals surface area contributed by atoms with E-state index in [0.29, 0.717) is 62.3 Å². The number of para-hydroxylation sites is 1. The minimum atomic E-state index is -0.272. The second-order valence-electron chi connectivity index (χ2n) is 12.6. The van der Waals surface area contributed by atoms with Crippen LogP contribution in [0.4, 0.5) is 0 Å². The molecule has 1 N–H and O–H groups in total. The number of benzene rings is 3. The molecule has 3 aromatic carbocycles. The van der Waals surface area contributed by atoms with Gasteiger partial charge in [-0.3, -0.25) is 19.6 Å². The number of H-pyrrole nitrogens is 1. The van der Waals surface area contributed by atoms with Crippen LogP contribution in [0.5, 0.6) is 0 Å². The van der Waals surface area contributed by atoms with E-state index in [9.17, 15) is 9.59 Å². The van der Waals surface area contributed by atoms with Gasteiger partial charge in [0.05, 0.1) is 11.1 Å². The Kier molecular flexibility index (Phi) is 9.19. The Bertz CT molecular complexity index is 3030. The molecule has 0 amide bonds. The molecule has 0 saturated heterocycles. The van der Waals surface area contributed by atoms with E-state index in [0.717, 1.165) is 23.1 Å². The summed E-state index contributed by atoms with van der Waals surface area (Å²) in [4.78, 5) is 54.7. The number of aromatic amines is 1. The largest absolute Gasteiger partial charge is 0.304 e. The number of nitrogens with zero attached hydrogens (tertiary/aromatic N) is 10. The Morgan fingerprint density at radius 2 is 1.05 bits per heavy atom. The molecule has 57 heavy (non-hydrogen) atoms. The van der Waals surface area contributed by atoms with E-state index in [-0.39, 0.29) is 11.3 Å². The van der Waals surface area contributed by atoms with Crippen LogP contribution in [0.15, 0.2) is 169 Å². The summed E-state index contributed by atoms with van der Waals surface area (Å²) in [6.07, 6.45) is 5.76. The summed E-state index contributed by atoms with van der Waals surface area (Å²) in [5, 5.41) is 10.5. The van der Waals surface area contributed by atoms with Crippen molar-refractivity contribution in [2.75, 3.05) is 0 Å². The van der Waals surface area contributed by atoms with Crippen molar-refractivity contribution < 1.29 is 4.79 Å². The molecule has 0 spiro atoms. The molecule has 0 atom stereocenters. The smallest absolute Gasteiger partial charge is 0.263 e. The third-order valence-corrected chi connectivity index (χ3v) is 8.97. The van der Waals surface area contributed by atoms with Gasteiger partial charge in [0.15, 0.2) is 35.0 Å². The maximum Gasteiger partial charge on any atom is 0.263 e. The highest BCUT2D eigenvalue weighted by Gasteiger charge is 2.22. The summed E-state index contributed by atoms with van der Waals surface area (Å²) in [5.41, 5.74) is 5.99. The van der Waals surface area contributed by atoms with Crippen molar-refractivity contribution >= 4 is 28.4 Å². The fraction of sp³-hybridized carbons (Fsp3) is 0. The van der Waals surface area contributed by atoms with Gasteiger partial charge in [0, 0.05) is 29.7 Å². The Labute approximate surface area is 324 Å². The molecule has 0 saturated carbocycles. The molecule has 13 nitrogen and oxygen atoms in total. The summed E-state index contributed by atoms with van der Waals surface area (Å²) in [7, 11) is 0. The van der Waals surface area contributed by atoms with Crippen molar-refractivity contribution in [2.24, 2.45) is 0 Å². The van der Waals surface area contributed by atoms with Crippen molar-refractivity contribution in [3.8, 4) is 57.1 Å². The molecular formula is C44H29N11O2. The summed E-state index contributed by atoms with van der Waals surface area (Å²) in [5.74, 6) is 1.35. The van der Waals surface area contributed by atoms with Crippen molar-refractivity contribution in [2.45, 2.75) is 0 Å². The van der Waals surface area contributed by atoms with Crippen LogP contribution in [-0.4, -0.2) is 60.7 Å². The predicted octanol–water partition coefficient (Wildman–Crippen LogP) is 7.59. The third-order valence-electron chi connectivity index (χ3n) is 8.97. The SMILES string of the molecule is O=Cc1nc(-c2ccccn2)nc2c1c(-c1ccccc1)nn2-c1ccccc1.O=c1[nH]c(-c2ccccn2)nc2c1c(-c1ccccc1)nn2-c1ccccn1. The highest BCUT2D eigenvalue weighted by molar-refractivity contribution is 6.03. The van der Waals surface area contributed by atoms with E-state index >= 15 is 0 Å². The van der Waals surface area contributed by atoms with E-state index in [1.807, 2.05) is 140 Å². The fourth-order valence-electron chi connectivity index (χ4n) is 6.37. The van der Waals surface area contributed by atoms with Crippen LogP contribution in [0.2, 0.25) is 0 Å². The zero-order valence-electron chi connectivity index (χ0n) is 30.0. The molecule has 10 aromatic rings. The van der Waals surface area contributed by atoms with Crippen LogP contribution in [-0.2, 0) is 0 Å². The summed E-state index contributed by atoms with van der Waals surface area (Å²) in [6, 6.07) is 45.5. The molecule has 272 valence electrons. The van der Waals surface area contributed by atoms with Gasteiger partial charge in [-0.1, -0.05) is 97.1 Å². The van der Waals surface area contributed by atoms with Crippen molar-refractivity contribution in [1.82, 2.24) is 54.4 Å². The standard InChI is InChI=1S/C23H15N5O.C21H14N6O/c29-15-19-20-21(16-9-3-1-4-10-16)27-28(17-11-5-2-6-12-17)23(20)26-22(25-19)18-13-7-8-14-24-18;28-21-17-18(14-8-2-1-3-9-14)26-27(16-11-5-7-13-23-16)20(17)24-19(25-21)15-10-4-6-12-22-15/h1-15H;1-13H,(H,24,25,28). The van der Waals surface area contributed by atoms with E-state index in [1.165, 1.54) is 0 Å². The number of carbonyl (C=O) groups excluding carboxylic acids is 1. The average molecular weight is 744 g/mol. The molecule has 13 heteroatoms. The molecule has 0 aliphatic heterocycles. The van der Waals surface area contributed by atoms with Crippen LogP contribution < -0.4 is 5.56 Å². The number of fused-ring (bicyclic) bond motifs is 2. The molecule has 0 aliphatic rings. The number of rotatable bonds is 7. The molecule has 7 heterocycles. The highest BCUT2D eigenvalue weighted by Crippen LogP contribution is 2.32. The van der Waals surface area contributed by atoms with E-state index in [4.69, 9.17) is 10.1 Å². The second kappa shape index (κ2) is 15.2. The number of nitrogens with one attached hydrogen (secondary N) is 1. The minimum Gasteiger partial charge on any atom is -0.304 e. The van der Waals surface area contributed by atoms with Gasteiger partial charge in [-0.15, -0.1) is 0 Å². The fourth-order valence-corrected chi connectivity index (χ4v) is 6.37. The summed E-state index contributed by atoms with van der Waals surface area (Å²) in [6.45, 7) is 0. The van der Waals surface area contributed by atoms with Gasteiger partial charge in [0.1, 0.15) is 33.9 Å². The molecule has 0 fully saturated rings. The lowest BCUT2D eigenvalue weighted by molar-refractivity contribution is 0.112. The van der Waals surface area contributed by atoms with Crippen molar-refractivity contribution in [1.29, 1.82) is 0 Å². The van der Waals surface area contributed by atoms with Crippen LogP contribution >= 0.6 is 0 Å². The first-order chi connectivity index (χ1) is 28.2. The molecule has 10 rings (SSSR count). The first kappa shape index (κ1) is 34.4. The van der Waals surface area contributed by atoms with Gasteiger partial charge in [-0.05, 0) is 48.5 Å². The lowest BCUT2D eigenvalue weighted by atomic mass is 10.1. The molecule has 0 radical (unpaired) electrons. The number of aldehydes is 1. The lowest BCUT2D eigenvalue weighted by Crippen LogP contribution is -2.11. The molecule has 0 aliphatic carbocycles. The summed E-state index contributed by atoms with van der Waals surface area (Å²) < 4.78 is 3.35. The van der Waals surface area contributed by atoms with E-state index in [1.54, 1.807) is 34.0 Å². The first-order valence-corrected chi connectivity index (χ1v) is 17.9. The lowest BCUT2D eigenvalue weighted by Gasteiger charge is -2.05. The maximum atomic E-state index is 13.0. The predicted molar refractivity (Wildman–Crippen MR) is 217 cm³/mol. The molecular weight excluding hydrogens is 715 g/mol. The van der Waals surface area contributed by atoms with Gasteiger partial charge in [0.25, 0.3) is 5.56 Å². The van der Waals surface area contributed by atoms with Crippen LogP contribution in [0.25, 0.3) is 79.1 Å². The zero-order chi connectivity index (χ0) is 38.6. The van der Waals surface area contributed by atoms with Gasteiger partial charge >= 0.3 is 0 Å². The van der Waals surface area contributed by atoms with Crippen molar-refractivity contribution in [3.05, 3.63) is 180 Å². The highest BCUT2D eigenvalue weighted by atomic mass is 16.1. The Hall–Kier alpha value is -8.32. The molecule has 0 bridgehead atoms. The van der Waals surface area contributed by atoms with E-state index < -0.39 is 0 Å². The zero-order valence-corrected chi connectivity index (χ0v) is 30.0. The summed E-state index contributed by atoms with van der Waals surface area (Å²) >= 11 is 0. The Morgan fingerprint density at radius 1 is 0.509 bits per heavy atom. The molecule has 0 unspecified atom stereocenters. The first-order valence-electron chi connectivity index (χ1n) is 17.9. The molecule has 7 aromatic heterocycles. The van der Waals surface area contributed by atoms with Gasteiger partial charge in [0.2, 0.25) is 0 Å². The number of aromatic nitrogens is 11. The van der Waals surface area contributed by atoms with Crippen LogP contribution in [0.1, 0.15) is 10.5 Å². The van der Waals surface area contributed by atoms with Gasteiger partial charge in [-0.25, -0.2) is 24.6 Å². The Balaban J connectivity index is 0.000000148. The van der Waals surface area contributed by atoms with Crippen molar-refractivity contribution in [3.63, 3.8) is 0 Å². The number of hydrogen-bond acceptors (Lipinski definition) is 10. The Morgan fingerprint density at radius 3 is 1.65 bits per heavy atom. The monoisotopic (exact) mass is 743 g/mol. The normalized spacial score (nSPS) is 10.9. The van der Waals surface area contributed by atoms with Gasteiger partial charge < -0.3 is 4.98 Å². The second-order valence-corrected chi connectivity index (χ2v) is 12.6. The number of carbonyl (C=O) groups is 1. The third kappa shape index (κ3) is 6.72.